The topological polar surface area (TPSA) is 21.3 Å². The van der Waals surface area contributed by atoms with Crippen molar-refractivity contribution in [1.29, 1.82) is 0 Å². The molecule has 0 aromatic heterocycles. The lowest BCUT2D eigenvalue weighted by Gasteiger charge is -2.22. The fourth-order valence-electron chi connectivity index (χ4n) is 1.29. The quantitative estimate of drug-likeness (QED) is 0.704. The zero-order valence-corrected chi connectivity index (χ0v) is 7.06. The number of hydrogen-bond donors (Lipinski definition) is 1. The lowest BCUT2D eigenvalue weighted by Crippen LogP contribution is -2.35. The highest BCUT2D eigenvalue weighted by atomic mass is 19.3. The zero-order valence-electron chi connectivity index (χ0n) is 7.06. The molecule has 1 N–H and O–H groups in total. The van der Waals surface area contributed by atoms with Crippen molar-refractivity contribution in [1.82, 2.24) is 5.32 Å². The van der Waals surface area contributed by atoms with Gasteiger partial charge in [0, 0.05) is 13.0 Å². The van der Waals surface area contributed by atoms with Crippen LogP contribution in [0.2, 0.25) is 0 Å². The number of hydrogen-bond acceptors (Lipinski definition) is 2. The Morgan fingerprint density at radius 1 is 1.50 bits per heavy atom. The van der Waals surface area contributed by atoms with E-state index in [0.717, 1.165) is 25.9 Å². The predicted octanol–water partition coefficient (Wildman–Crippen LogP) is 1.41. The lowest BCUT2D eigenvalue weighted by atomic mass is 10.1. The van der Waals surface area contributed by atoms with Crippen LogP contribution in [0.1, 0.15) is 19.3 Å². The van der Waals surface area contributed by atoms with E-state index in [1.807, 2.05) is 0 Å². The Morgan fingerprint density at radius 3 is 2.92 bits per heavy atom. The standard InChI is InChI=1S/C8H15F2NO/c9-8(10)3-5-12-7-2-1-4-11-6-7/h7-8,11H,1-6H2. The Balaban J connectivity index is 1.98. The summed E-state index contributed by atoms with van der Waals surface area (Å²) in [5.41, 5.74) is 0. The van der Waals surface area contributed by atoms with Crippen molar-refractivity contribution in [2.24, 2.45) is 0 Å². The maximum atomic E-state index is 11.7. The largest absolute Gasteiger partial charge is 0.377 e. The second kappa shape index (κ2) is 5.43. The second-order valence-corrected chi connectivity index (χ2v) is 3.02. The Bertz CT molecular complexity index is 116. The van der Waals surface area contributed by atoms with Crippen LogP contribution >= 0.6 is 0 Å². The first kappa shape index (κ1) is 9.86. The minimum atomic E-state index is -2.23. The molecule has 12 heavy (non-hydrogen) atoms. The van der Waals surface area contributed by atoms with E-state index < -0.39 is 6.43 Å². The minimum absolute atomic E-state index is 0.142. The summed E-state index contributed by atoms with van der Waals surface area (Å²) in [6, 6.07) is 0. The van der Waals surface area contributed by atoms with Crippen LogP contribution in [-0.4, -0.2) is 32.2 Å². The molecule has 0 radical (unpaired) electrons. The van der Waals surface area contributed by atoms with Gasteiger partial charge in [-0.25, -0.2) is 8.78 Å². The van der Waals surface area contributed by atoms with E-state index in [0.29, 0.717) is 0 Å². The summed E-state index contributed by atoms with van der Waals surface area (Å²) in [6.07, 6.45) is -0.148. The molecule has 1 saturated heterocycles. The number of nitrogens with one attached hydrogen (secondary N) is 1. The predicted molar refractivity (Wildman–Crippen MR) is 42.5 cm³/mol. The minimum Gasteiger partial charge on any atom is -0.377 e. The Kier molecular flexibility index (Phi) is 4.46. The molecule has 0 aromatic carbocycles. The third-order valence-corrected chi connectivity index (χ3v) is 1.94. The maximum absolute atomic E-state index is 11.7. The van der Waals surface area contributed by atoms with Crippen LogP contribution in [-0.2, 0) is 4.74 Å². The van der Waals surface area contributed by atoms with E-state index in [1.165, 1.54) is 0 Å². The van der Waals surface area contributed by atoms with Gasteiger partial charge in [0.1, 0.15) is 0 Å². The van der Waals surface area contributed by atoms with E-state index in [-0.39, 0.29) is 19.1 Å². The van der Waals surface area contributed by atoms with Crippen LogP contribution in [0.25, 0.3) is 0 Å². The molecule has 1 heterocycles. The van der Waals surface area contributed by atoms with Gasteiger partial charge in [0.2, 0.25) is 6.43 Å². The van der Waals surface area contributed by atoms with E-state index >= 15 is 0 Å². The highest BCUT2D eigenvalue weighted by Gasteiger charge is 2.13. The van der Waals surface area contributed by atoms with Gasteiger partial charge in [-0.3, -0.25) is 0 Å². The fraction of sp³-hybridized carbons (Fsp3) is 1.00. The molecule has 1 unspecified atom stereocenters. The molecule has 72 valence electrons. The van der Waals surface area contributed by atoms with Crippen LogP contribution in [0.3, 0.4) is 0 Å². The average molecular weight is 179 g/mol. The monoisotopic (exact) mass is 179 g/mol. The number of rotatable bonds is 4. The summed E-state index contributed by atoms with van der Waals surface area (Å²) in [7, 11) is 0. The third kappa shape index (κ3) is 3.97. The average Bonchev–Trinajstić information content (AvgIpc) is 2.05. The first-order valence-corrected chi connectivity index (χ1v) is 4.39. The highest BCUT2D eigenvalue weighted by molar-refractivity contribution is 4.68. The SMILES string of the molecule is FC(F)CCOC1CCCNC1. The normalized spacial score (nSPS) is 24.8. The molecule has 0 spiro atoms. The maximum Gasteiger partial charge on any atom is 0.240 e. The van der Waals surface area contributed by atoms with Gasteiger partial charge < -0.3 is 10.1 Å². The number of ether oxygens (including phenoxy) is 1. The molecule has 0 aliphatic carbocycles. The van der Waals surface area contributed by atoms with Crippen LogP contribution < -0.4 is 5.32 Å². The molecule has 1 atom stereocenters. The zero-order chi connectivity index (χ0) is 8.81. The molecule has 2 nitrogen and oxygen atoms in total. The Hall–Kier alpha value is -0.220. The van der Waals surface area contributed by atoms with Gasteiger partial charge in [-0.2, -0.15) is 0 Å². The molecule has 0 amide bonds. The van der Waals surface area contributed by atoms with Crippen LogP contribution in [0, 0.1) is 0 Å². The number of alkyl halides is 2. The van der Waals surface area contributed by atoms with E-state index in [4.69, 9.17) is 4.74 Å². The van der Waals surface area contributed by atoms with Crippen molar-refractivity contribution in [3.05, 3.63) is 0 Å². The van der Waals surface area contributed by atoms with E-state index in [1.54, 1.807) is 0 Å². The van der Waals surface area contributed by atoms with E-state index in [9.17, 15) is 8.78 Å². The first-order valence-electron chi connectivity index (χ1n) is 4.39. The smallest absolute Gasteiger partial charge is 0.240 e. The van der Waals surface area contributed by atoms with E-state index in [2.05, 4.69) is 5.32 Å². The molecule has 1 fully saturated rings. The molecule has 1 rings (SSSR count). The molecule has 0 saturated carbocycles. The molecular weight excluding hydrogens is 164 g/mol. The van der Waals surface area contributed by atoms with Crippen LogP contribution in [0.4, 0.5) is 8.78 Å². The molecule has 4 heteroatoms. The van der Waals surface area contributed by atoms with Gasteiger partial charge >= 0.3 is 0 Å². The summed E-state index contributed by atoms with van der Waals surface area (Å²) in [5, 5.41) is 3.16. The summed E-state index contributed by atoms with van der Waals surface area (Å²) < 4.78 is 28.6. The van der Waals surface area contributed by atoms with Crippen molar-refractivity contribution >= 4 is 0 Å². The van der Waals surface area contributed by atoms with Gasteiger partial charge in [0.25, 0.3) is 0 Å². The fourth-order valence-corrected chi connectivity index (χ4v) is 1.29. The summed E-state index contributed by atoms with van der Waals surface area (Å²) in [6.45, 7) is 2.02. The van der Waals surface area contributed by atoms with Crippen LogP contribution in [0.5, 0.6) is 0 Å². The van der Waals surface area contributed by atoms with Gasteiger partial charge in [-0.15, -0.1) is 0 Å². The van der Waals surface area contributed by atoms with Crippen molar-refractivity contribution in [2.75, 3.05) is 19.7 Å². The number of piperidine rings is 1. The molecular formula is C8H15F2NO. The second-order valence-electron chi connectivity index (χ2n) is 3.02. The lowest BCUT2D eigenvalue weighted by molar-refractivity contribution is 0.00957. The summed E-state index contributed by atoms with van der Waals surface area (Å²) in [4.78, 5) is 0. The molecule has 1 aliphatic rings. The van der Waals surface area contributed by atoms with Crippen molar-refractivity contribution in [3.63, 3.8) is 0 Å². The molecule has 1 aliphatic heterocycles. The van der Waals surface area contributed by atoms with Gasteiger partial charge in [0.15, 0.2) is 0 Å². The Morgan fingerprint density at radius 2 is 2.33 bits per heavy atom. The van der Waals surface area contributed by atoms with Crippen molar-refractivity contribution in [3.8, 4) is 0 Å². The number of halogens is 2. The Labute approximate surface area is 71.3 Å². The van der Waals surface area contributed by atoms with Gasteiger partial charge in [-0.1, -0.05) is 0 Å². The summed E-state index contributed by atoms with van der Waals surface area (Å²) >= 11 is 0. The molecule has 0 bridgehead atoms. The highest BCUT2D eigenvalue weighted by Crippen LogP contribution is 2.07. The van der Waals surface area contributed by atoms with Crippen molar-refractivity contribution < 1.29 is 13.5 Å². The van der Waals surface area contributed by atoms with Crippen molar-refractivity contribution in [2.45, 2.75) is 31.8 Å². The van der Waals surface area contributed by atoms with Gasteiger partial charge in [0.05, 0.1) is 12.7 Å². The third-order valence-electron chi connectivity index (χ3n) is 1.94. The summed E-state index contributed by atoms with van der Waals surface area (Å²) in [5.74, 6) is 0. The van der Waals surface area contributed by atoms with Crippen LogP contribution in [0.15, 0.2) is 0 Å². The molecule has 0 aromatic rings. The first-order chi connectivity index (χ1) is 5.79. The van der Waals surface area contributed by atoms with Gasteiger partial charge in [-0.05, 0) is 19.4 Å².